The normalized spacial score (nSPS) is 31.9. The summed E-state index contributed by atoms with van der Waals surface area (Å²) >= 11 is 0. The van der Waals surface area contributed by atoms with Gasteiger partial charge in [0.25, 0.3) is 0 Å². The first-order chi connectivity index (χ1) is 13.9. The van der Waals surface area contributed by atoms with Crippen molar-refractivity contribution < 1.29 is 24.3 Å². The molecule has 3 amide bonds. The first-order valence-corrected chi connectivity index (χ1v) is 10.8. The van der Waals surface area contributed by atoms with Crippen LogP contribution in [0.25, 0.3) is 0 Å². The number of carbonyl (C=O) groups excluding carboxylic acids is 3. The van der Waals surface area contributed by atoms with Gasteiger partial charge in [0.2, 0.25) is 17.7 Å². The van der Waals surface area contributed by atoms with Gasteiger partial charge in [-0.2, -0.15) is 0 Å². The lowest BCUT2D eigenvalue weighted by Gasteiger charge is -2.33. The number of fused-ring (bicyclic) bond motifs is 2. The van der Waals surface area contributed by atoms with E-state index in [-0.39, 0.29) is 23.9 Å². The molecule has 9 nitrogen and oxygen atoms in total. The molecule has 3 rings (SSSR count). The highest BCUT2D eigenvalue weighted by atomic mass is 16.4. The topological polar surface area (TPSA) is 119 Å². The van der Waals surface area contributed by atoms with E-state index < -0.39 is 42.0 Å². The van der Waals surface area contributed by atoms with Crippen LogP contribution in [0.1, 0.15) is 60.3 Å². The molecule has 0 aromatic carbocycles. The lowest BCUT2D eigenvalue weighted by molar-refractivity contribution is -0.142. The van der Waals surface area contributed by atoms with Gasteiger partial charge in [0.05, 0.1) is 24.5 Å². The third-order valence-corrected chi connectivity index (χ3v) is 5.99. The van der Waals surface area contributed by atoms with Crippen molar-refractivity contribution in [1.82, 2.24) is 20.4 Å². The molecule has 0 saturated carbocycles. The Bertz CT molecular complexity index is 731. The van der Waals surface area contributed by atoms with Crippen LogP contribution < -0.4 is 10.6 Å². The van der Waals surface area contributed by atoms with Gasteiger partial charge in [-0.1, -0.05) is 13.8 Å². The molecular formula is C21H34N4O5. The van der Waals surface area contributed by atoms with Gasteiger partial charge in [-0.15, -0.1) is 0 Å². The number of carboxylic acids is 1. The number of carbonyl (C=O) groups is 4. The van der Waals surface area contributed by atoms with E-state index in [1.54, 1.807) is 4.90 Å². The van der Waals surface area contributed by atoms with E-state index in [1.807, 2.05) is 25.7 Å². The molecule has 0 spiro atoms. The molecule has 0 bridgehead atoms. The number of nitrogens with zero attached hydrogens (tertiary/aromatic N) is 2. The fourth-order valence-corrected chi connectivity index (χ4v) is 4.88. The minimum Gasteiger partial charge on any atom is -0.481 e. The van der Waals surface area contributed by atoms with Gasteiger partial charge in [0.1, 0.15) is 12.1 Å². The van der Waals surface area contributed by atoms with Crippen molar-refractivity contribution in [2.45, 2.75) is 96.1 Å². The summed E-state index contributed by atoms with van der Waals surface area (Å²) in [5, 5.41) is 15.0. The van der Waals surface area contributed by atoms with E-state index in [2.05, 4.69) is 24.5 Å². The average Bonchev–Trinajstić information content (AvgIpc) is 3.02. The van der Waals surface area contributed by atoms with Gasteiger partial charge in [0.15, 0.2) is 0 Å². The SMILES string of the molecule is CC(C)C[C@H]1[C@@H]2C(C(=O)NC(C)(C)C)N3CCC[C@@H]3C(=O)N[C@@H](CC(=O)O)C(=O)N12. The van der Waals surface area contributed by atoms with Crippen LogP contribution in [0.3, 0.4) is 0 Å². The molecule has 5 atom stereocenters. The van der Waals surface area contributed by atoms with Crippen molar-refractivity contribution in [2.75, 3.05) is 6.54 Å². The fourth-order valence-electron chi connectivity index (χ4n) is 4.88. The van der Waals surface area contributed by atoms with E-state index in [9.17, 15) is 24.3 Å². The van der Waals surface area contributed by atoms with Crippen LogP contribution in [0, 0.1) is 5.92 Å². The largest absolute Gasteiger partial charge is 0.481 e. The first kappa shape index (κ1) is 22.5. The molecule has 3 aliphatic rings. The van der Waals surface area contributed by atoms with Crippen molar-refractivity contribution in [3.8, 4) is 0 Å². The molecule has 0 aliphatic carbocycles. The molecule has 168 valence electrons. The Morgan fingerprint density at radius 2 is 1.93 bits per heavy atom. The highest BCUT2D eigenvalue weighted by Gasteiger charge is 2.61. The Morgan fingerprint density at radius 3 is 2.50 bits per heavy atom. The van der Waals surface area contributed by atoms with Crippen molar-refractivity contribution in [2.24, 2.45) is 5.92 Å². The number of hydrogen-bond acceptors (Lipinski definition) is 5. The maximum atomic E-state index is 13.4. The van der Waals surface area contributed by atoms with Crippen LogP contribution in [-0.4, -0.2) is 80.9 Å². The van der Waals surface area contributed by atoms with Crippen molar-refractivity contribution >= 4 is 23.7 Å². The summed E-state index contributed by atoms with van der Waals surface area (Å²) in [4.78, 5) is 54.4. The second kappa shape index (κ2) is 8.17. The van der Waals surface area contributed by atoms with Crippen LogP contribution in [0.2, 0.25) is 0 Å². The third kappa shape index (κ3) is 4.61. The molecule has 0 aromatic heterocycles. The summed E-state index contributed by atoms with van der Waals surface area (Å²) in [5.74, 6) is -1.80. The van der Waals surface area contributed by atoms with E-state index in [1.165, 1.54) is 0 Å². The standard InChI is InChI=1S/C21H34N4O5/c1-11(2)9-14-16-17(19(29)23-21(3,4)5)24-8-6-7-13(24)18(28)22-12(10-15(26)27)20(30)25(14)16/h11-14,16-17H,6-10H2,1-5H3,(H,22,28)(H,23,29)(H,26,27)/t12-,13+,14-,16+,17?,25?/m0/s1. The number of hydrogen-bond donors (Lipinski definition) is 3. The summed E-state index contributed by atoms with van der Waals surface area (Å²) in [5.41, 5.74) is -0.448. The minimum atomic E-state index is -1.14. The molecule has 9 heteroatoms. The van der Waals surface area contributed by atoms with Crippen molar-refractivity contribution in [1.29, 1.82) is 0 Å². The zero-order chi connectivity index (χ0) is 22.4. The number of carboxylic acid groups (broad SMARTS) is 1. The van der Waals surface area contributed by atoms with Gasteiger partial charge in [-0.3, -0.25) is 24.1 Å². The highest BCUT2D eigenvalue weighted by molar-refractivity contribution is 5.96. The number of rotatable bonds is 5. The van der Waals surface area contributed by atoms with Gasteiger partial charge in [0, 0.05) is 5.54 Å². The second-order valence-corrected chi connectivity index (χ2v) is 10.2. The summed E-state index contributed by atoms with van der Waals surface area (Å²) in [7, 11) is 0. The zero-order valence-corrected chi connectivity index (χ0v) is 18.5. The molecule has 0 radical (unpaired) electrons. The molecule has 3 saturated heterocycles. The van der Waals surface area contributed by atoms with Gasteiger partial charge < -0.3 is 20.6 Å². The molecule has 3 aliphatic heterocycles. The van der Waals surface area contributed by atoms with Gasteiger partial charge in [-0.25, -0.2) is 0 Å². The molecular weight excluding hydrogens is 388 g/mol. The smallest absolute Gasteiger partial charge is 0.305 e. The Labute approximate surface area is 177 Å². The summed E-state index contributed by atoms with van der Waals surface area (Å²) < 4.78 is 0. The highest BCUT2D eigenvalue weighted by Crippen LogP contribution is 2.41. The van der Waals surface area contributed by atoms with Crippen LogP contribution in [0.4, 0.5) is 0 Å². The molecule has 30 heavy (non-hydrogen) atoms. The van der Waals surface area contributed by atoms with Crippen LogP contribution in [0.15, 0.2) is 0 Å². The molecule has 3 heterocycles. The molecule has 3 N–H and O–H groups in total. The van der Waals surface area contributed by atoms with Crippen molar-refractivity contribution in [3.63, 3.8) is 0 Å². The summed E-state index contributed by atoms with van der Waals surface area (Å²) in [6.45, 7) is 10.4. The first-order valence-electron chi connectivity index (χ1n) is 10.8. The quantitative estimate of drug-likeness (QED) is 0.550. The molecule has 0 aromatic rings. The number of nitrogens with one attached hydrogen (secondary N) is 2. The van der Waals surface area contributed by atoms with E-state index in [0.29, 0.717) is 18.9 Å². The monoisotopic (exact) mass is 422 g/mol. The Kier molecular flexibility index (Phi) is 6.13. The Morgan fingerprint density at radius 1 is 1.27 bits per heavy atom. The zero-order valence-electron chi connectivity index (χ0n) is 18.5. The van der Waals surface area contributed by atoms with E-state index >= 15 is 0 Å². The maximum absolute atomic E-state index is 13.4. The lowest BCUT2D eigenvalue weighted by atomic mass is 9.99. The number of aliphatic carboxylic acids is 1. The predicted octanol–water partition coefficient (Wildman–Crippen LogP) is 0.333. The lowest BCUT2D eigenvalue weighted by Crippen LogP contribution is -2.58. The average molecular weight is 423 g/mol. The summed E-state index contributed by atoms with van der Waals surface area (Å²) in [6, 6.07) is -2.77. The van der Waals surface area contributed by atoms with Gasteiger partial charge >= 0.3 is 5.97 Å². The van der Waals surface area contributed by atoms with Crippen LogP contribution >= 0.6 is 0 Å². The minimum absolute atomic E-state index is 0.138. The Hall–Kier alpha value is -2.16. The number of amides is 3. The third-order valence-electron chi connectivity index (χ3n) is 5.99. The van der Waals surface area contributed by atoms with E-state index in [0.717, 1.165) is 12.8 Å². The van der Waals surface area contributed by atoms with Crippen molar-refractivity contribution in [3.05, 3.63) is 0 Å². The molecule has 3 fully saturated rings. The van der Waals surface area contributed by atoms with Crippen LogP contribution in [0.5, 0.6) is 0 Å². The predicted molar refractivity (Wildman–Crippen MR) is 109 cm³/mol. The molecule has 1 unspecified atom stereocenters. The van der Waals surface area contributed by atoms with Crippen LogP contribution in [-0.2, 0) is 19.2 Å². The van der Waals surface area contributed by atoms with E-state index in [4.69, 9.17) is 0 Å². The Balaban J connectivity index is 2.00. The summed E-state index contributed by atoms with van der Waals surface area (Å²) in [6.07, 6.45) is 1.62. The van der Waals surface area contributed by atoms with Gasteiger partial charge in [-0.05, 0) is 52.5 Å². The fraction of sp³-hybridized carbons (Fsp3) is 0.810. The second-order valence-electron chi connectivity index (χ2n) is 10.2. The maximum Gasteiger partial charge on any atom is 0.305 e.